The van der Waals surface area contributed by atoms with Gasteiger partial charge in [-0.2, -0.15) is 0 Å². The van der Waals surface area contributed by atoms with Crippen LogP contribution >= 0.6 is 0 Å². The molecule has 1 aromatic rings. The second-order valence-electron chi connectivity index (χ2n) is 3.81. The number of aryl methyl sites for hydroxylation is 1. The number of hydrogen-bond acceptors (Lipinski definition) is 1. The molecule has 0 aromatic heterocycles. The Bertz CT molecular complexity index is 372. The molecule has 0 N–H and O–H groups in total. The van der Waals surface area contributed by atoms with Gasteiger partial charge in [0.15, 0.2) is 6.61 Å². The Kier molecular flexibility index (Phi) is 1.98. The van der Waals surface area contributed by atoms with E-state index < -0.39 is 12.5 Å². The summed E-state index contributed by atoms with van der Waals surface area (Å²) in [5.41, 5.74) is 2.60. The minimum atomic E-state index is -2.72. The summed E-state index contributed by atoms with van der Waals surface area (Å²) in [5, 5.41) is 0. The van der Waals surface area contributed by atoms with Crippen molar-refractivity contribution in [2.24, 2.45) is 0 Å². The fourth-order valence-corrected chi connectivity index (χ4v) is 1.70. The van der Waals surface area contributed by atoms with Crippen LogP contribution in [0, 0.1) is 13.8 Å². The molecule has 0 saturated carbocycles. The Morgan fingerprint density at radius 1 is 1.29 bits per heavy atom. The molecule has 1 aliphatic rings. The summed E-state index contributed by atoms with van der Waals surface area (Å²) < 4.78 is 31.2. The van der Waals surface area contributed by atoms with Gasteiger partial charge < -0.3 is 4.74 Å². The molecule has 0 spiro atoms. The lowest BCUT2D eigenvalue weighted by molar-refractivity contribution is -0.0516. The molecule has 0 atom stereocenters. The summed E-state index contributed by atoms with van der Waals surface area (Å²) >= 11 is 0. The predicted octanol–water partition coefficient (Wildman–Crippen LogP) is 2.87. The van der Waals surface area contributed by atoms with E-state index in [0.29, 0.717) is 11.3 Å². The van der Waals surface area contributed by atoms with Gasteiger partial charge in [0.25, 0.3) is 5.92 Å². The van der Waals surface area contributed by atoms with Crippen molar-refractivity contribution >= 4 is 0 Å². The van der Waals surface area contributed by atoms with Crippen molar-refractivity contribution in [1.29, 1.82) is 0 Å². The quantitative estimate of drug-likeness (QED) is 0.622. The van der Waals surface area contributed by atoms with E-state index in [9.17, 15) is 8.78 Å². The first-order valence-corrected chi connectivity index (χ1v) is 4.59. The fourth-order valence-electron chi connectivity index (χ4n) is 1.70. The highest BCUT2D eigenvalue weighted by Crippen LogP contribution is 2.35. The molecule has 3 heteroatoms. The lowest BCUT2D eigenvalue weighted by atomic mass is 9.95. The van der Waals surface area contributed by atoms with Crippen molar-refractivity contribution < 1.29 is 13.5 Å². The van der Waals surface area contributed by atoms with Gasteiger partial charge in [-0.25, -0.2) is 8.78 Å². The average molecular weight is 198 g/mol. The highest BCUT2D eigenvalue weighted by Gasteiger charge is 2.36. The van der Waals surface area contributed by atoms with Crippen molar-refractivity contribution in [3.63, 3.8) is 0 Å². The summed E-state index contributed by atoms with van der Waals surface area (Å²) in [4.78, 5) is 0. The summed E-state index contributed by atoms with van der Waals surface area (Å²) in [6.07, 6.45) is -0.199. The molecule has 1 aliphatic heterocycles. The molecule has 1 aromatic carbocycles. The lowest BCUT2D eigenvalue weighted by Gasteiger charge is -2.26. The third-order valence-electron chi connectivity index (χ3n) is 2.70. The molecule has 0 bridgehead atoms. The van der Waals surface area contributed by atoms with Crippen LogP contribution in [0.15, 0.2) is 12.1 Å². The first kappa shape index (κ1) is 9.44. The minimum Gasteiger partial charge on any atom is -0.487 e. The van der Waals surface area contributed by atoms with Crippen LogP contribution in [-0.2, 0) is 6.42 Å². The highest BCUT2D eigenvalue weighted by molar-refractivity contribution is 5.45. The molecule has 1 heterocycles. The van der Waals surface area contributed by atoms with E-state index in [4.69, 9.17) is 4.74 Å². The molecule has 0 unspecified atom stereocenters. The molecular formula is C11H12F2O. The fraction of sp³-hybridized carbons (Fsp3) is 0.455. The van der Waals surface area contributed by atoms with E-state index in [1.54, 1.807) is 6.07 Å². The van der Waals surface area contributed by atoms with Crippen molar-refractivity contribution in [2.45, 2.75) is 26.2 Å². The monoisotopic (exact) mass is 198 g/mol. The Morgan fingerprint density at radius 3 is 2.71 bits per heavy atom. The molecular weight excluding hydrogens is 186 g/mol. The average Bonchev–Trinajstić information content (AvgIpc) is 2.11. The summed E-state index contributed by atoms with van der Waals surface area (Å²) in [5.74, 6) is -2.11. The lowest BCUT2D eigenvalue weighted by Crippen LogP contribution is -2.33. The zero-order valence-corrected chi connectivity index (χ0v) is 8.23. The molecule has 2 rings (SSSR count). The van der Waals surface area contributed by atoms with Crippen LogP contribution in [-0.4, -0.2) is 12.5 Å². The molecule has 0 saturated heterocycles. The number of hydrogen-bond donors (Lipinski definition) is 0. The normalized spacial score (nSPS) is 18.6. The topological polar surface area (TPSA) is 9.23 Å². The molecule has 14 heavy (non-hydrogen) atoms. The molecule has 0 aliphatic carbocycles. The maximum Gasteiger partial charge on any atom is 0.285 e. The second kappa shape index (κ2) is 2.94. The number of fused-ring (bicyclic) bond motifs is 1. The van der Waals surface area contributed by atoms with Gasteiger partial charge in [0.2, 0.25) is 0 Å². The van der Waals surface area contributed by atoms with Crippen LogP contribution in [0.4, 0.5) is 8.78 Å². The van der Waals surface area contributed by atoms with Crippen molar-refractivity contribution in [3.05, 3.63) is 28.8 Å². The third kappa shape index (κ3) is 1.47. The zero-order valence-electron chi connectivity index (χ0n) is 8.23. The van der Waals surface area contributed by atoms with Gasteiger partial charge in [-0.05, 0) is 31.0 Å². The first-order valence-electron chi connectivity index (χ1n) is 4.59. The first-order chi connectivity index (χ1) is 6.49. The maximum absolute atomic E-state index is 13.1. The van der Waals surface area contributed by atoms with Gasteiger partial charge in [-0.3, -0.25) is 0 Å². The molecule has 0 radical (unpaired) electrons. The van der Waals surface area contributed by atoms with E-state index in [1.165, 1.54) is 0 Å². The minimum absolute atomic E-state index is 0.199. The van der Waals surface area contributed by atoms with E-state index >= 15 is 0 Å². The predicted molar refractivity (Wildman–Crippen MR) is 50.1 cm³/mol. The Morgan fingerprint density at radius 2 is 2.00 bits per heavy atom. The van der Waals surface area contributed by atoms with Gasteiger partial charge >= 0.3 is 0 Å². The van der Waals surface area contributed by atoms with E-state index in [2.05, 4.69) is 0 Å². The van der Waals surface area contributed by atoms with Gasteiger partial charge in [0.05, 0.1) is 0 Å². The van der Waals surface area contributed by atoms with Crippen LogP contribution < -0.4 is 4.74 Å². The number of ether oxygens (including phenoxy) is 1. The van der Waals surface area contributed by atoms with Crippen LogP contribution in [0.25, 0.3) is 0 Å². The number of halogens is 2. The van der Waals surface area contributed by atoms with Crippen molar-refractivity contribution in [2.75, 3.05) is 6.61 Å². The van der Waals surface area contributed by atoms with Gasteiger partial charge in [0.1, 0.15) is 5.75 Å². The Balaban J connectivity index is 2.49. The molecule has 1 nitrogen and oxygen atoms in total. The number of alkyl halides is 2. The van der Waals surface area contributed by atoms with E-state index in [0.717, 1.165) is 11.1 Å². The Hall–Kier alpha value is -1.12. The van der Waals surface area contributed by atoms with Crippen molar-refractivity contribution in [1.82, 2.24) is 0 Å². The van der Waals surface area contributed by atoms with Gasteiger partial charge in [0, 0.05) is 12.0 Å². The summed E-state index contributed by atoms with van der Waals surface area (Å²) in [6, 6.07) is 3.67. The molecule has 0 fully saturated rings. The summed E-state index contributed by atoms with van der Waals surface area (Å²) in [6.45, 7) is 3.28. The largest absolute Gasteiger partial charge is 0.487 e. The van der Waals surface area contributed by atoms with Crippen LogP contribution in [0.1, 0.15) is 16.7 Å². The van der Waals surface area contributed by atoms with Crippen LogP contribution in [0.3, 0.4) is 0 Å². The highest BCUT2D eigenvalue weighted by atomic mass is 19.3. The summed E-state index contributed by atoms with van der Waals surface area (Å²) in [7, 11) is 0. The SMILES string of the molecule is Cc1ccc2c(c1C)CC(F)(F)CO2. The van der Waals surface area contributed by atoms with E-state index in [1.807, 2.05) is 19.9 Å². The molecule has 0 amide bonds. The van der Waals surface area contributed by atoms with E-state index in [-0.39, 0.29) is 6.42 Å². The van der Waals surface area contributed by atoms with Crippen LogP contribution in [0.2, 0.25) is 0 Å². The number of benzene rings is 1. The smallest absolute Gasteiger partial charge is 0.285 e. The maximum atomic E-state index is 13.1. The standard InChI is InChI=1S/C11H12F2O/c1-7-3-4-10-9(8(7)2)5-11(12,13)6-14-10/h3-4H,5-6H2,1-2H3. The van der Waals surface area contributed by atoms with Gasteiger partial charge in [-0.1, -0.05) is 6.07 Å². The van der Waals surface area contributed by atoms with Gasteiger partial charge in [-0.15, -0.1) is 0 Å². The second-order valence-corrected chi connectivity index (χ2v) is 3.81. The Labute approximate surface area is 81.7 Å². The number of rotatable bonds is 0. The molecule has 76 valence electrons. The van der Waals surface area contributed by atoms with Crippen LogP contribution in [0.5, 0.6) is 5.75 Å². The van der Waals surface area contributed by atoms with Crippen molar-refractivity contribution in [3.8, 4) is 5.75 Å². The zero-order chi connectivity index (χ0) is 10.3. The third-order valence-corrected chi connectivity index (χ3v) is 2.70.